The molecule has 1 aliphatic rings. The molecule has 0 atom stereocenters. The van der Waals surface area contributed by atoms with E-state index in [0.29, 0.717) is 21.1 Å². The Bertz CT molecular complexity index is 473. The normalized spacial score (nSPS) is 16.9. The fourth-order valence-electron chi connectivity index (χ4n) is 2.24. The maximum Gasteiger partial charge on any atom is 0.295 e. The van der Waals surface area contributed by atoms with Crippen LogP contribution in [0.5, 0.6) is 0 Å². The number of anilines is 1. The lowest BCUT2D eigenvalue weighted by Gasteiger charge is -2.32. The van der Waals surface area contributed by atoms with Crippen molar-refractivity contribution in [3.05, 3.63) is 31.7 Å². The predicted octanol–water partition coefficient (Wildman–Crippen LogP) is 4.25. The largest absolute Gasteiger partial charge is 0.365 e. The quantitative estimate of drug-likeness (QED) is 0.600. The highest BCUT2D eigenvalue weighted by Crippen LogP contribution is 2.39. The molecule has 0 saturated carbocycles. The van der Waals surface area contributed by atoms with Crippen LogP contribution < -0.4 is 4.90 Å². The van der Waals surface area contributed by atoms with E-state index in [-0.39, 0.29) is 10.6 Å². The lowest BCUT2D eigenvalue weighted by atomic mass is 9.98. The van der Waals surface area contributed by atoms with Crippen LogP contribution in [0.1, 0.15) is 19.8 Å². The average molecular weight is 334 g/mol. The summed E-state index contributed by atoms with van der Waals surface area (Å²) < 4.78 is 0.633. The Balaban J connectivity index is 2.39. The molecule has 1 aliphatic heterocycles. The third-order valence-electron chi connectivity index (χ3n) is 3.30. The van der Waals surface area contributed by atoms with Crippen LogP contribution in [-0.2, 0) is 0 Å². The molecule has 0 aliphatic carbocycles. The molecule has 0 radical (unpaired) electrons. The first-order valence-electron chi connectivity index (χ1n) is 5.87. The Morgan fingerprint density at radius 2 is 2.06 bits per heavy atom. The summed E-state index contributed by atoms with van der Waals surface area (Å²) in [4.78, 5) is 12.8. The minimum atomic E-state index is -0.371. The summed E-state index contributed by atoms with van der Waals surface area (Å²) in [5, 5.41) is 11.6. The number of halogens is 2. The van der Waals surface area contributed by atoms with E-state index in [2.05, 4.69) is 22.9 Å². The van der Waals surface area contributed by atoms with Gasteiger partial charge in [-0.3, -0.25) is 10.1 Å². The van der Waals surface area contributed by atoms with E-state index < -0.39 is 0 Å². The van der Waals surface area contributed by atoms with E-state index in [1.165, 1.54) is 6.07 Å². The van der Waals surface area contributed by atoms with Crippen LogP contribution >= 0.6 is 27.5 Å². The predicted molar refractivity (Wildman–Crippen MR) is 76.4 cm³/mol. The summed E-state index contributed by atoms with van der Waals surface area (Å²) in [6.07, 6.45) is 2.09. The topological polar surface area (TPSA) is 46.4 Å². The third kappa shape index (κ3) is 2.78. The molecule has 0 spiro atoms. The maximum atomic E-state index is 11.1. The summed E-state index contributed by atoms with van der Waals surface area (Å²) in [5.74, 6) is 0.675. The standard InChI is InChI=1S/C12H14BrClN2O2/c1-8-2-4-15(5-3-8)12-10(14)6-9(13)7-11(12)16(17)18/h6-8H,2-5H2,1H3. The van der Waals surface area contributed by atoms with Gasteiger partial charge in [-0.05, 0) is 24.8 Å². The van der Waals surface area contributed by atoms with Crippen molar-refractivity contribution in [1.29, 1.82) is 0 Å². The fourth-order valence-corrected chi connectivity index (χ4v) is 3.15. The summed E-state index contributed by atoms with van der Waals surface area (Å²) in [6, 6.07) is 3.22. The Morgan fingerprint density at radius 3 is 2.61 bits per heavy atom. The SMILES string of the molecule is CC1CCN(c2c(Cl)cc(Br)cc2[N+](=O)[O-])CC1. The summed E-state index contributed by atoms with van der Waals surface area (Å²) in [5.41, 5.74) is 0.626. The number of piperidine rings is 1. The molecule has 1 heterocycles. The van der Waals surface area contributed by atoms with Gasteiger partial charge in [0.1, 0.15) is 5.69 Å². The molecule has 4 nitrogen and oxygen atoms in total. The van der Waals surface area contributed by atoms with E-state index in [9.17, 15) is 10.1 Å². The van der Waals surface area contributed by atoms with Crippen molar-refractivity contribution in [1.82, 2.24) is 0 Å². The zero-order valence-electron chi connectivity index (χ0n) is 10.0. The molecule has 0 aromatic heterocycles. The fraction of sp³-hybridized carbons (Fsp3) is 0.500. The third-order valence-corrected chi connectivity index (χ3v) is 4.05. The Hall–Kier alpha value is -0.810. The highest BCUT2D eigenvalue weighted by molar-refractivity contribution is 9.10. The van der Waals surface area contributed by atoms with Gasteiger partial charge in [-0.1, -0.05) is 34.5 Å². The second-order valence-electron chi connectivity index (χ2n) is 4.68. The van der Waals surface area contributed by atoms with Crippen molar-refractivity contribution >= 4 is 38.9 Å². The first-order valence-corrected chi connectivity index (χ1v) is 7.04. The molecule has 0 unspecified atom stereocenters. The van der Waals surface area contributed by atoms with E-state index in [1.807, 2.05) is 4.90 Å². The number of hydrogen-bond acceptors (Lipinski definition) is 3. The molecule has 1 saturated heterocycles. The smallest absolute Gasteiger partial charge is 0.295 e. The first-order chi connectivity index (χ1) is 8.49. The van der Waals surface area contributed by atoms with Crippen molar-refractivity contribution in [2.45, 2.75) is 19.8 Å². The van der Waals surface area contributed by atoms with Crippen LogP contribution in [0.3, 0.4) is 0 Å². The van der Waals surface area contributed by atoms with Gasteiger partial charge >= 0.3 is 0 Å². The molecule has 1 fully saturated rings. The van der Waals surface area contributed by atoms with Crippen molar-refractivity contribution in [2.75, 3.05) is 18.0 Å². The van der Waals surface area contributed by atoms with Crippen LogP contribution in [0.15, 0.2) is 16.6 Å². The lowest BCUT2D eigenvalue weighted by Crippen LogP contribution is -2.33. The van der Waals surface area contributed by atoms with Gasteiger partial charge in [0.05, 0.1) is 9.95 Å². The van der Waals surface area contributed by atoms with Crippen molar-refractivity contribution < 1.29 is 4.92 Å². The van der Waals surface area contributed by atoms with Gasteiger partial charge < -0.3 is 4.90 Å². The van der Waals surface area contributed by atoms with Crippen LogP contribution in [0.4, 0.5) is 11.4 Å². The molecule has 1 aromatic carbocycles. The molecular weight excluding hydrogens is 320 g/mol. The van der Waals surface area contributed by atoms with Crippen molar-refractivity contribution in [3.63, 3.8) is 0 Å². The molecule has 0 N–H and O–H groups in total. The van der Waals surface area contributed by atoms with Gasteiger partial charge in [0.25, 0.3) is 5.69 Å². The van der Waals surface area contributed by atoms with Gasteiger partial charge in [0.15, 0.2) is 0 Å². The number of nitro groups is 1. The van der Waals surface area contributed by atoms with Gasteiger partial charge in [0.2, 0.25) is 0 Å². The number of nitrogens with zero attached hydrogens (tertiary/aromatic N) is 2. The van der Waals surface area contributed by atoms with Crippen molar-refractivity contribution in [3.8, 4) is 0 Å². The van der Waals surface area contributed by atoms with Crippen LogP contribution in [0.25, 0.3) is 0 Å². The average Bonchev–Trinajstić information content (AvgIpc) is 2.29. The Kier molecular flexibility index (Phi) is 4.12. The maximum absolute atomic E-state index is 11.1. The van der Waals surface area contributed by atoms with Gasteiger partial charge in [-0.25, -0.2) is 0 Å². The van der Waals surface area contributed by atoms with E-state index in [0.717, 1.165) is 25.9 Å². The Labute approximate surface area is 119 Å². The molecular formula is C12H14BrClN2O2. The lowest BCUT2D eigenvalue weighted by molar-refractivity contribution is -0.384. The van der Waals surface area contributed by atoms with E-state index >= 15 is 0 Å². The van der Waals surface area contributed by atoms with E-state index in [1.54, 1.807) is 6.07 Å². The minimum absolute atomic E-state index is 0.0731. The number of nitro benzene ring substituents is 1. The number of rotatable bonds is 2. The molecule has 1 aromatic rings. The van der Waals surface area contributed by atoms with Crippen molar-refractivity contribution in [2.24, 2.45) is 5.92 Å². The monoisotopic (exact) mass is 332 g/mol. The highest BCUT2D eigenvalue weighted by atomic mass is 79.9. The second kappa shape index (κ2) is 5.45. The van der Waals surface area contributed by atoms with Gasteiger partial charge in [-0.15, -0.1) is 0 Å². The molecule has 6 heteroatoms. The first kappa shape index (κ1) is 13.6. The van der Waals surface area contributed by atoms with Crippen LogP contribution in [-0.4, -0.2) is 18.0 Å². The zero-order valence-corrected chi connectivity index (χ0v) is 12.4. The molecule has 2 rings (SSSR count). The summed E-state index contributed by atoms with van der Waals surface area (Å²) in [7, 11) is 0. The summed E-state index contributed by atoms with van der Waals surface area (Å²) >= 11 is 9.41. The van der Waals surface area contributed by atoms with Gasteiger partial charge in [0, 0.05) is 23.6 Å². The zero-order chi connectivity index (χ0) is 13.3. The Morgan fingerprint density at radius 1 is 1.44 bits per heavy atom. The van der Waals surface area contributed by atoms with Crippen LogP contribution in [0, 0.1) is 16.0 Å². The molecule has 0 bridgehead atoms. The molecule has 98 valence electrons. The second-order valence-corrected chi connectivity index (χ2v) is 6.00. The van der Waals surface area contributed by atoms with Gasteiger partial charge in [-0.2, -0.15) is 0 Å². The minimum Gasteiger partial charge on any atom is -0.365 e. The number of benzene rings is 1. The molecule has 0 amide bonds. The summed E-state index contributed by atoms with van der Waals surface area (Å²) in [6.45, 7) is 3.85. The van der Waals surface area contributed by atoms with E-state index in [4.69, 9.17) is 11.6 Å². The number of hydrogen-bond donors (Lipinski definition) is 0. The highest BCUT2D eigenvalue weighted by Gasteiger charge is 2.26. The van der Waals surface area contributed by atoms with Crippen LogP contribution in [0.2, 0.25) is 5.02 Å². The molecule has 18 heavy (non-hydrogen) atoms.